The van der Waals surface area contributed by atoms with Crippen LogP contribution < -0.4 is 31.3 Å². The lowest BCUT2D eigenvalue weighted by Gasteiger charge is -2.23. The SMILES string of the molecule is CCC1C=c2ccccc2=C(c2c3c(c(C4=c5ccccc5=CC(CC)c5ccccc54)c4cnccc24)=CC(C)CC(C)C=3)c2ccccc21. The fraction of sp³-hybridized carbons (Fsp3) is 0.220. The van der Waals surface area contributed by atoms with Crippen molar-refractivity contribution < 1.29 is 0 Å². The Labute approximate surface area is 301 Å². The highest BCUT2D eigenvalue weighted by molar-refractivity contribution is 6.05. The number of hydrogen-bond donors (Lipinski definition) is 0. The zero-order chi connectivity index (χ0) is 34.6. The van der Waals surface area contributed by atoms with E-state index in [0.29, 0.717) is 23.7 Å². The fourth-order valence-corrected chi connectivity index (χ4v) is 9.50. The highest BCUT2D eigenvalue weighted by Gasteiger charge is 2.27. The molecule has 4 atom stereocenters. The largest absolute Gasteiger partial charge is 0.264 e. The van der Waals surface area contributed by atoms with Gasteiger partial charge in [-0.25, -0.2) is 0 Å². The van der Waals surface area contributed by atoms with Crippen LogP contribution in [0.5, 0.6) is 0 Å². The second-order valence-electron chi connectivity index (χ2n) is 15.0. The average molecular weight is 660 g/mol. The molecule has 0 N–H and O–H groups in total. The first-order valence-electron chi connectivity index (χ1n) is 19.0. The van der Waals surface area contributed by atoms with Gasteiger partial charge in [0.1, 0.15) is 0 Å². The van der Waals surface area contributed by atoms with Crippen LogP contribution in [0.2, 0.25) is 0 Å². The monoisotopic (exact) mass is 659 g/mol. The standard InChI is InChI=1S/C50H45N/c1-5-33-28-35-15-7-9-19-39(35)47(41-21-13-11-17-37(33)41)49-43-23-24-51-30-46(43)50(45-27-32(4)25-31(3)26-44(45)49)48-40-20-10-8-16-36(40)29-34(6-2)38-18-12-14-22-42(38)48/h7-24,26-34H,5-6,25H2,1-4H3. The van der Waals surface area contributed by atoms with Crippen LogP contribution in [0.4, 0.5) is 0 Å². The minimum Gasteiger partial charge on any atom is -0.264 e. The smallest absolute Gasteiger partial charge is 0.0353 e. The molecule has 51 heavy (non-hydrogen) atoms. The van der Waals surface area contributed by atoms with E-state index in [-0.39, 0.29) is 0 Å². The van der Waals surface area contributed by atoms with E-state index in [0.717, 1.165) is 19.3 Å². The Morgan fingerprint density at radius 3 is 1.53 bits per heavy atom. The van der Waals surface area contributed by atoms with E-state index in [2.05, 4.69) is 161 Å². The molecule has 0 saturated carbocycles. The topological polar surface area (TPSA) is 12.9 Å². The normalized spacial score (nSPS) is 20.4. The van der Waals surface area contributed by atoms with Gasteiger partial charge in [0, 0.05) is 29.6 Å². The first-order chi connectivity index (χ1) is 25.1. The molecule has 0 fully saturated rings. The lowest BCUT2D eigenvalue weighted by atomic mass is 9.80. The lowest BCUT2D eigenvalue weighted by molar-refractivity contribution is 0.588. The van der Waals surface area contributed by atoms with Gasteiger partial charge in [-0.1, -0.05) is 149 Å². The maximum atomic E-state index is 4.90. The maximum absolute atomic E-state index is 4.90. The molecule has 4 unspecified atom stereocenters. The number of fused-ring (bicyclic) bond motifs is 6. The molecule has 1 heterocycles. The quantitative estimate of drug-likeness (QED) is 0.191. The molecule has 5 aromatic carbocycles. The third kappa shape index (κ3) is 5.17. The van der Waals surface area contributed by atoms with Gasteiger partial charge in [-0.3, -0.25) is 4.98 Å². The van der Waals surface area contributed by atoms with Crippen molar-refractivity contribution in [1.29, 1.82) is 0 Å². The molecule has 1 heteroatoms. The minimum absolute atomic E-state index is 0.342. The Morgan fingerprint density at radius 1 is 0.529 bits per heavy atom. The fourth-order valence-electron chi connectivity index (χ4n) is 9.50. The molecule has 250 valence electrons. The molecule has 0 aliphatic heterocycles. The van der Waals surface area contributed by atoms with Gasteiger partial charge < -0.3 is 0 Å². The summed E-state index contributed by atoms with van der Waals surface area (Å²) >= 11 is 0. The third-order valence-corrected chi connectivity index (χ3v) is 11.7. The van der Waals surface area contributed by atoms with Crippen LogP contribution in [0.3, 0.4) is 0 Å². The molecule has 1 aromatic heterocycles. The molecule has 9 rings (SSSR count). The number of hydrogen-bond acceptors (Lipinski definition) is 1. The number of nitrogens with zero attached hydrogens (tertiary/aromatic N) is 1. The van der Waals surface area contributed by atoms with E-state index in [9.17, 15) is 0 Å². The van der Waals surface area contributed by atoms with Crippen LogP contribution >= 0.6 is 0 Å². The Hall–Kier alpha value is -5.27. The molecule has 1 nitrogen and oxygen atoms in total. The van der Waals surface area contributed by atoms with Crippen molar-refractivity contribution in [2.75, 3.05) is 0 Å². The van der Waals surface area contributed by atoms with Crippen LogP contribution in [0.1, 0.15) is 92.2 Å². The molecule has 0 radical (unpaired) electrons. The highest BCUT2D eigenvalue weighted by atomic mass is 14.6. The van der Waals surface area contributed by atoms with Crippen molar-refractivity contribution in [3.63, 3.8) is 0 Å². The number of benzene rings is 5. The Balaban J connectivity index is 1.55. The van der Waals surface area contributed by atoms with Gasteiger partial charge in [0.15, 0.2) is 0 Å². The van der Waals surface area contributed by atoms with Crippen molar-refractivity contribution in [2.45, 2.75) is 58.8 Å². The summed E-state index contributed by atoms with van der Waals surface area (Å²) < 4.78 is 0. The predicted molar refractivity (Wildman–Crippen MR) is 215 cm³/mol. The van der Waals surface area contributed by atoms with E-state index < -0.39 is 0 Å². The number of aromatic nitrogens is 1. The van der Waals surface area contributed by atoms with Gasteiger partial charge in [0.25, 0.3) is 0 Å². The molecule has 0 saturated heterocycles. The minimum atomic E-state index is 0.342. The summed E-state index contributed by atoms with van der Waals surface area (Å²) in [6.07, 6.45) is 17.6. The van der Waals surface area contributed by atoms with Gasteiger partial charge in [-0.15, -0.1) is 0 Å². The summed E-state index contributed by atoms with van der Waals surface area (Å²) in [5, 5.41) is 10.4. The van der Waals surface area contributed by atoms with Crippen molar-refractivity contribution >= 4 is 46.2 Å². The van der Waals surface area contributed by atoms with Gasteiger partial charge in [0.05, 0.1) is 0 Å². The van der Waals surface area contributed by atoms with Gasteiger partial charge in [-0.2, -0.15) is 0 Å². The summed E-state index contributed by atoms with van der Waals surface area (Å²) in [4.78, 5) is 4.90. The second-order valence-corrected chi connectivity index (χ2v) is 15.0. The van der Waals surface area contributed by atoms with E-state index in [1.165, 1.54) is 86.6 Å². The summed E-state index contributed by atoms with van der Waals surface area (Å²) in [5.41, 5.74) is 10.8. The second kappa shape index (κ2) is 12.8. The zero-order valence-electron chi connectivity index (χ0n) is 30.2. The Kier molecular flexibility index (Phi) is 7.96. The van der Waals surface area contributed by atoms with Crippen molar-refractivity contribution in [3.05, 3.63) is 180 Å². The predicted octanol–water partition coefficient (Wildman–Crippen LogP) is 7.54. The van der Waals surface area contributed by atoms with Crippen molar-refractivity contribution in [2.24, 2.45) is 11.8 Å². The first kappa shape index (κ1) is 31.7. The van der Waals surface area contributed by atoms with E-state index in [1.807, 2.05) is 6.20 Å². The first-order valence-corrected chi connectivity index (χ1v) is 19.0. The maximum Gasteiger partial charge on any atom is 0.0353 e. The molecular formula is C50H45N. The van der Waals surface area contributed by atoms with Gasteiger partial charge >= 0.3 is 0 Å². The van der Waals surface area contributed by atoms with Crippen LogP contribution in [0, 0.1) is 11.8 Å². The lowest BCUT2D eigenvalue weighted by Crippen LogP contribution is -2.38. The van der Waals surface area contributed by atoms with Crippen molar-refractivity contribution in [1.82, 2.24) is 4.98 Å². The number of rotatable bonds is 4. The van der Waals surface area contributed by atoms with Gasteiger partial charge in [0.2, 0.25) is 0 Å². The molecule has 0 amide bonds. The van der Waals surface area contributed by atoms with E-state index >= 15 is 0 Å². The van der Waals surface area contributed by atoms with Crippen molar-refractivity contribution in [3.8, 4) is 0 Å². The van der Waals surface area contributed by atoms with Gasteiger partial charge in [-0.05, 0) is 118 Å². The Bertz CT molecular complexity index is 2560. The molecular weight excluding hydrogens is 615 g/mol. The summed E-state index contributed by atoms with van der Waals surface area (Å²) in [6.45, 7) is 9.45. The molecule has 0 bridgehead atoms. The molecule has 0 spiro atoms. The average Bonchev–Trinajstić information content (AvgIpc) is 3.48. The van der Waals surface area contributed by atoms with Crippen LogP contribution in [0.25, 0.3) is 46.2 Å². The molecule has 3 aliphatic rings. The zero-order valence-corrected chi connectivity index (χ0v) is 30.2. The molecule has 3 aliphatic carbocycles. The Morgan fingerprint density at radius 2 is 1.00 bits per heavy atom. The highest BCUT2D eigenvalue weighted by Crippen LogP contribution is 2.38. The summed E-state index contributed by atoms with van der Waals surface area (Å²) in [6, 6.07) is 38.8. The summed E-state index contributed by atoms with van der Waals surface area (Å²) in [5.74, 6) is 1.53. The van der Waals surface area contributed by atoms with Crippen LogP contribution in [-0.2, 0) is 0 Å². The van der Waals surface area contributed by atoms with E-state index in [4.69, 9.17) is 4.98 Å². The third-order valence-electron chi connectivity index (χ3n) is 11.7. The van der Waals surface area contributed by atoms with Crippen LogP contribution in [-0.4, -0.2) is 4.98 Å². The summed E-state index contributed by atoms with van der Waals surface area (Å²) in [7, 11) is 0. The van der Waals surface area contributed by atoms with Crippen LogP contribution in [0.15, 0.2) is 116 Å². The molecule has 6 aromatic rings. The number of pyridine rings is 1. The van der Waals surface area contributed by atoms with E-state index in [1.54, 1.807) is 0 Å².